The maximum atomic E-state index is 14.8. The Morgan fingerprint density at radius 2 is 1.62 bits per heavy atom. The van der Waals surface area contributed by atoms with Gasteiger partial charge in [0.1, 0.15) is 25.0 Å². The highest BCUT2D eigenvalue weighted by atomic mass is 32.1. The Morgan fingerprint density at radius 3 is 2.36 bits per heavy atom. The van der Waals surface area contributed by atoms with Gasteiger partial charge in [-0.2, -0.15) is 4.39 Å². The Bertz CT molecular complexity index is 1920. The molecule has 0 saturated carbocycles. The van der Waals surface area contributed by atoms with E-state index in [1.165, 1.54) is 23.5 Å². The number of benzene rings is 2. The minimum atomic E-state index is -1.13. The molecular formula is C41H51F2N5O9S. The van der Waals surface area contributed by atoms with E-state index in [9.17, 15) is 32.8 Å². The molecule has 1 aromatic heterocycles. The monoisotopic (exact) mass is 827 g/mol. The van der Waals surface area contributed by atoms with Gasteiger partial charge in [-0.1, -0.05) is 51.0 Å². The highest BCUT2D eigenvalue weighted by Gasteiger charge is 2.46. The molecule has 1 atom stereocenters. The molecule has 14 nitrogen and oxygen atoms in total. The summed E-state index contributed by atoms with van der Waals surface area (Å²) in [5.74, 6) is -4.56. The van der Waals surface area contributed by atoms with E-state index in [0.717, 1.165) is 74.0 Å². The van der Waals surface area contributed by atoms with E-state index in [4.69, 9.17) is 14.2 Å². The average Bonchev–Trinajstić information content (AvgIpc) is 3.80. The van der Waals surface area contributed by atoms with Crippen molar-refractivity contribution in [2.45, 2.75) is 83.1 Å². The fraction of sp³-hybridized carbons (Fsp3) is 0.512. The van der Waals surface area contributed by atoms with Gasteiger partial charge in [0.05, 0.1) is 30.0 Å². The van der Waals surface area contributed by atoms with E-state index in [2.05, 4.69) is 20.5 Å². The zero-order valence-corrected chi connectivity index (χ0v) is 33.3. The molecule has 4 amide bonds. The van der Waals surface area contributed by atoms with Crippen molar-refractivity contribution in [1.82, 2.24) is 20.5 Å². The van der Waals surface area contributed by atoms with Gasteiger partial charge in [-0.05, 0) is 50.1 Å². The summed E-state index contributed by atoms with van der Waals surface area (Å²) in [6.07, 6.45) is 9.68. The quantitative estimate of drug-likeness (QED) is 0.102. The van der Waals surface area contributed by atoms with Crippen LogP contribution in [0.15, 0.2) is 35.7 Å². The average molecular weight is 828 g/mol. The third-order valence-corrected chi connectivity index (χ3v) is 11.2. The second-order valence-corrected chi connectivity index (χ2v) is 15.2. The third-order valence-electron chi connectivity index (χ3n) is 10.3. The number of piperidine rings is 1. The summed E-state index contributed by atoms with van der Waals surface area (Å²) >= 11 is 1.41. The van der Waals surface area contributed by atoms with Crippen molar-refractivity contribution in [3.63, 3.8) is 0 Å². The van der Waals surface area contributed by atoms with Crippen molar-refractivity contribution in [3.8, 4) is 22.8 Å². The van der Waals surface area contributed by atoms with E-state index < -0.39 is 41.3 Å². The van der Waals surface area contributed by atoms with Crippen LogP contribution in [0.1, 0.15) is 97.8 Å². The van der Waals surface area contributed by atoms with Crippen LogP contribution in [0.3, 0.4) is 0 Å². The molecule has 3 aromatic rings. The van der Waals surface area contributed by atoms with Crippen molar-refractivity contribution >= 4 is 45.9 Å². The van der Waals surface area contributed by atoms with Gasteiger partial charge in [-0.15, -0.1) is 11.3 Å². The number of imide groups is 2. The number of ketones is 1. The van der Waals surface area contributed by atoms with Crippen molar-refractivity contribution < 1.29 is 52.4 Å². The molecule has 4 N–H and O–H groups in total. The maximum absolute atomic E-state index is 14.8. The maximum Gasteiger partial charge on any atom is 0.266 e. The molecule has 0 spiro atoms. The fourth-order valence-corrected chi connectivity index (χ4v) is 8.04. The number of anilines is 1. The smallest absolute Gasteiger partial charge is 0.266 e. The number of unbranched alkanes of at least 4 members (excludes halogenated alkanes) is 8. The van der Waals surface area contributed by atoms with Gasteiger partial charge in [-0.25, -0.2) is 9.37 Å². The van der Waals surface area contributed by atoms with Crippen molar-refractivity contribution in [3.05, 3.63) is 58.5 Å². The number of ether oxygens (including phenoxy) is 3. The first-order valence-electron chi connectivity index (χ1n) is 19.8. The molecule has 3 aliphatic rings. The summed E-state index contributed by atoms with van der Waals surface area (Å²) in [6.45, 7) is 3.97. The predicted molar refractivity (Wildman–Crippen MR) is 212 cm³/mol. The second-order valence-electron chi connectivity index (χ2n) is 14.3. The standard InChI is InChI=1S/C41H49F2N5O8S.H2O/c42-30-15-14-28(31-26-57-41(45-31)47-20-23-54-24-21-47)37(36(30)43)56-25-27(49)11-8-6-4-2-1-3-5-7-9-18-44-19-22-55-33-13-10-12-29-35(33)40(53)48(39(29)52)32-16-17-34(50)46-38(32)51;/h10,12-15,26,32,44H,1-9,11,16-25H2,(H,46,50,51);1H2. The number of hydrogen-bond acceptors (Lipinski definition) is 12. The van der Waals surface area contributed by atoms with Crippen LogP contribution < -0.4 is 25.0 Å². The zero-order chi connectivity index (χ0) is 40.1. The number of hydrogen-bond donors (Lipinski definition) is 2. The van der Waals surface area contributed by atoms with Crippen LogP contribution in [0.5, 0.6) is 11.5 Å². The third kappa shape index (κ3) is 11.2. The Labute approximate surface area is 339 Å². The highest BCUT2D eigenvalue weighted by molar-refractivity contribution is 7.14. The number of rotatable bonds is 22. The molecule has 2 saturated heterocycles. The minimum absolute atomic E-state index is 0. The summed E-state index contributed by atoms with van der Waals surface area (Å²) in [6, 6.07) is 6.27. The van der Waals surface area contributed by atoms with Crippen LogP contribution in [0, 0.1) is 11.6 Å². The summed E-state index contributed by atoms with van der Waals surface area (Å²) < 4.78 is 45.8. The first-order valence-corrected chi connectivity index (χ1v) is 20.7. The Hall–Kier alpha value is -4.84. The lowest BCUT2D eigenvalue weighted by atomic mass is 10.0. The fourth-order valence-electron chi connectivity index (χ4n) is 7.16. The normalized spacial score (nSPS) is 16.6. The summed E-state index contributed by atoms with van der Waals surface area (Å²) in [5, 5.41) is 8.09. The lowest BCUT2D eigenvalue weighted by Crippen LogP contribution is -2.54. The molecular weight excluding hydrogens is 777 g/mol. The molecule has 0 radical (unpaired) electrons. The van der Waals surface area contributed by atoms with Gasteiger partial charge in [0.2, 0.25) is 17.6 Å². The summed E-state index contributed by atoms with van der Waals surface area (Å²) in [4.78, 5) is 70.2. The molecule has 1 unspecified atom stereocenters. The van der Waals surface area contributed by atoms with Gasteiger partial charge in [0.25, 0.3) is 11.8 Å². The van der Waals surface area contributed by atoms with Crippen molar-refractivity contribution in [1.29, 1.82) is 0 Å². The van der Waals surface area contributed by atoms with Crippen LogP contribution in [-0.2, 0) is 19.1 Å². The zero-order valence-electron chi connectivity index (χ0n) is 32.5. The van der Waals surface area contributed by atoms with Gasteiger partial charge in [-0.3, -0.25) is 34.2 Å². The molecule has 2 fully saturated rings. The molecule has 4 heterocycles. The first-order chi connectivity index (χ1) is 27.7. The molecule has 0 aliphatic carbocycles. The van der Waals surface area contributed by atoms with Crippen LogP contribution in [0.25, 0.3) is 11.3 Å². The number of nitrogens with one attached hydrogen (secondary N) is 2. The topological polar surface area (TPSA) is 188 Å². The van der Waals surface area contributed by atoms with Gasteiger partial charge in [0, 0.05) is 43.4 Å². The largest absolute Gasteiger partial charge is 0.491 e. The van der Waals surface area contributed by atoms with E-state index in [1.807, 2.05) is 0 Å². The highest BCUT2D eigenvalue weighted by Crippen LogP contribution is 2.37. The number of Topliss-reactive ketones (excluding diaryl/α,β-unsaturated/α-hetero) is 1. The van der Waals surface area contributed by atoms with E-state index in [0.29, 0.717) is 69.3 Å². The second kappa shape index (κ2) is 21.8. The van der Waals surface area contributed by atoms with Crippen LogP contribution >= 0.6 is 11.3 Å². The molecule has 2 aromatic carbocycles. The van der Waals surface area contributed by atoms with Crippen LogP contribution in [0.4, 0.5) is 13.9 Å². The summed E-state index contributed by atoms with van der Waals surface area (Å²) in [5.41, 5.74) is 1.12. The van der Waals surface area contributed by atoms with E-state index >= 15 is 0 Å². The van der Waals surface area contributed by atoms with Crippen LogP contribution in [0.2, 0.25) is 0 Å². The molecule has 58 heavy (non-hydrogen) atoms. The minimum Gasteiger partial charge on any atom is -0.491 e. The number of halogens is 2. The number of morpholine rings is 1. The number of thiazole rings is 1. The number of carbonyl (C=O) groups is 5. The molecule has 6 rings (SSSR count). The van der Waals surface area contributed by atoms with Gasteiger partial charge < -0.3 is 29.9 Å². The van der Waals surface area contributed by atoms with Gasteiger partial charge in [0.15, 0.2) is 22.5 Å². The molecule has 0 bridgehead atoms. The van der Waals surface area contributed by atoms with E-state index in [-0.39, 0.29) is 47.6 Å². The Morgan fingerprint density at radius 1 is 0.897 bits per heavy atom. The van der Waals surface area contributed by atoms with Crippen molar-refractivity contribution in [2.75, 3.05) is 57.5 Å². The molecule has 17 heteroatoms. The molecule has 3 aliphatic heterocycles. The number of carbonyl (C=O) groups excluding carboxylic acids is 5. The van der Waals surface area contributed by atoms with E-state index in [1.54, 1.807) is 17.5 Å². The molecule has 314 valence electrons. The predicted octanol–water partition coefficient (Wildman–Crippen LogP) is 5.02. The number of nitrogens with zero attached hydrogens (tertiary/aromatic N) is 3. The van der Waals surface area contributed by atoms with Crippen molar-refractivity contribution in [2.24, 2.45) is 0 Å². The van der Waals surface area contributed by atoms with Gasteiger partial charge >= 0.3 is 0 Å². The number of amides is 4. The lowest BCUT2D eigenvalue weighted by molar-refractivity contribution is -0.136. The summed E-state index contributed by atoms with van der Waals surface area (Å²) in [7, 11) is 0. The SMILES string of the molecule is O.O=C(CCCCCCCCCCCNCCOc1cccc2c1C(=O)N(C1CCC(=O)NC1=O)C2=O)COc1c(-c2csc(N3CCOCC3)n2)ccc(F)c1F. The Kier molecular flexibility index (Phi) is 16.6. The number of fused-ring (bicyclic) bond motifs is 1. The lowest BCUT2D eigenvalue weighted by Gasteiger charge is -2.27. The Balaban J connectivity index is 0.00000641. The van der Waals surface area contributed by atoms with Crippen LogP contribution in [-0.4, -0.2) is 103 Å². The number of aromatic nitrogens is 1. The first kappa shape index (κ1) is 44.3.